The first-order valence-corrected chi connectivity index (χ1v) is 13.5. The molecule has 2 atom stereocenters. The van der Waals surface area contributed by atoms with E-state index >= 15 is 0 Å². The number of benzene rings is 1. The summed E-state index contributed by atoms with van der Waals surface area (Å²) >= 11 is 0. The van der Waals surface area contributed by atoms with Gasteiger partial charge in [0.2, 0.25) is 11.8 Å². The number of nitrogens with one attached hydrogen (secondary N) is 3. The van der Waals surface area contributed by atoms with Crippen molar-refractivity contribution < 1.29 is 24.2 Å². The molecule has 1 fully saturated rings. The maximum absolute atomic E-state index is 13.4. The Balaban J connectivity index is 1.68. The summed E-state index contributed by atoms with van der Waals surface area (Å²) in [6.45, 7) is 7.35. The molecular weight excluding hydrogens is 482 g/mol. The fourth-order valence-corrected chi connectivity index (χ4v) is 5.12. The second-order valence-corrected chi connectivity index (χ2v) is 10.3. The maximum Gasteiger partial charge on any atom is 0.305 e. The Kier molecular flexibility index (Phi) is 11.1. The zero-order valence-electron chi connectivity index (χ0n) is 22.2. The number of rotatable bonds is 16. The van der Waals surface area contributed by atoms with Crippen molar-refractivity contribution in [2.45, 2.75) is 75.8 Å². The normalized spacial score (nSPS) is 15.9. The molecule has 1 heterocycles. The lowest BCUT2D eigenvalue weighted by atomic mass is 9.95. The highest BCUT2D eigenvalue weighted by Crippen LogP contribution is 2.29. The highest BCUT2D eigenvalue weighted by Gasteiger charge is 2.35. The number of hydrogen-bond acceptors (Lipinski definition) is 5. The van der Waals surface area contributed by atoms with Crippen molar-refractivity contribution in [2.75, 3.05) is 13.2 Å². The van der Waals surface area contributed by atoms with Crippen LogP contribution in [0, 0.1) is 5.92 Å². The molecule has 1 aliphatic rings. The number of aliphatic hydroxyl groups excluding tert-OH is 1. The van der Waals surface area contributed by atoms with Crippen LogP contribution in [0.2, 0.25) is 0 Å². The van der Waals surface area contributed by atoms with Gasteiger partial charge in [0.15, 0.2) is 0 Å². The van der Waals surface area contributed by atoms with E-state index in [9.17, 15) is 19.5 Å². The number of aromatic amines is 1. The SMILES string of the molecule is C=CCCCC(=O)OC[C@H](Cc1c[nH]c2ccccc12)NC(=O)[C@H](CC=C)CC(=O)NC1(CO)CCCC1. The Hall–Kier alpha value is -3.39. The van der Waals surface area contributed by atoms with Crippen LogP contribution in [0.25, 0.3) is 10.9 Å². The third kappa shape index (κ3) is 8.31. The number of carbonyl (C=O) groups excluding carboxylic acids is 3. The van der Waals surface area contributed by atoms with Crippen molar-refractivity contribution >= 4 is 28.7 Å². The van der Waals surface area contributed by atoms with E-state index in [4.69, 9.17) is 4.74 Å². The Bertz CT molecular complexity index is 1100. The summed E-state index contributed by atoms with van der Waals surface area (Å²) in [5, 5.41) is 16.9. The van der Waals surface area contributed by atoms with E-state index in [2.05, 4.69) is 28.8 Å². The van der Waals surface area contributed by atoms with Gasteiger partial charge in [0.25, 0.3) is 0 Å². The minimum Gasteiger partial charge on any atom is -0.463 e. The molecule has 8 nitrogen and oxygen atoms in total. The first kappa shape index (κ1) is 29.2. The van der Waals surface area contributed by atoms with Crippen molar-refractivity contribution in [1.29, 1.82) is 0 Å². The summed E-state index contributed by atoms with van der Waals surface area (Å²) in [6, 6.07) is 7.42. The highest BCUT2D eigenvalue weighted by atomic mass is 16.5. The monoisotopic (exact) mass is 523 g/mol. The molecule has 1 aromatic carbocycles. The lowest BCUT2D eigenvalue weighted by molar-refractivity contribution is -0.145. The second-order valence-electron chi connectivity index (χ2n) is 10.3. The molecule has 0 radical (unpaired) electrons. The molecule has 0 spiro atoms. The smallest absolute Gasteiger partial charge is 0.305 e. The molecule has 1 aliphatic carbocycles. The molecule has 1 aromatic heterocycles. The average molecular weight is 524 g/mol. The lowest BCUT2D eigenvalue weighted by Crippen LogP contribution is -2.50. The van der Waals surface area contributed by atoms with Crippen LogP contribution in [0.3, 0.4) is 0 Å². The third-order valence-electron chi connectivity index (χ3n) is 7.24. The van der Waals surface area contributed by atoms with Crippen LogP contribution in [0.5, 0.6) is 0 Å². The number of aromatic nitrogens is 1. The van der Waals surface area contributed by atoms with E-state index in [0.717, 1.165) is 48.6 Å². The molecule has 1 saturated carbocycles. The molecule has 0 bridgehead atoms. The van der Waals surface area contributed by atoms with Gasteiger partial charge in [-0.2, -0.15) is 0 Å². The van der Waals surface area contributed by atoms with Gasteiger partial charge in [-0.25, -0.2) is 0 Å². The zero-order chi connectivity index (χ0) is 27.4. The lowest BCUT2D eigenvalue weighted by Gasteiger charge is -2.29. The Morgan fingerprint density at radius 3 is 2.63 bits per heavy atom. The fourth-order valence-electron chi connectivity index (χ4n) is 5.12. The molecule has 2 aromatic rings. The molecule has 2 amide bonds. The van der Waals surface area contributed by atoms with Gasteiger partial charge in [-0.1, -0.05) is 43.2 Å². The van der Waals surface area contributed by atoms with Gasteiger partial charge < -0.3 is 25.5 Å². The van der Waals surface area contributed by atoms with Crippen molar-refractivity contribution in [3.8, 4) is 0 Å². The van der Waals surface area contributed by atoms with Crippen LogP contribution in [-0.4, -0.2) is 52.7 Å². The molecule has 3 rings (SSSR count). The summed E-state index contributed by atoms with van der Waals surface area (Å²) in [6.07, 6.45) is 11.1. The summed E-state index contributed by atoms with van der Waals surface area (Å²) in [4.78, 5) is 41.7. The number of carbonyl (C=O) groups is 3. The molecule has 0 aliphatic heterocycles. The number of fused-ring (bicyclic) bond motifs is 1. The predicted octanol–water partition coefficient (Wildman–Crippen LogP) is 4.10. The van der Waals surface area contributed by atoms with Crippen LogP contribution in [0.1, 0.15) is 63.4 Å². The summed E-state index contributed by atoms with van der Waals surface area (Å²) in [5.74, 6) is -1.50. The van der Waals surface area contributed by atoms with E-state index in [0.29, 0.717) is 19.3 Å². The number of amides is 2. The first-order valence-electron chi connectivity index (χ1n) is 13.5. The quantitative estimate of drug-likeness (QED) is 0.150. The Morgan fingerprint density at radius 1 is 1.16 bits per heavy atom. The minimum absolute atomic E-state index is 0.0131. The fraction of sp³-hybridized carbons (Fsp3) is 0.500. The topological polar surface area (TPSA) is 121 Å². The van der Waals surface area contributed by atoms with Gasteiger partial charge in [-0.05, 0) is 50.2 Å². The number of aliphatic hydroxyl groups is 1. The van der Waals surface area contributed by atoms with E-state index in [1.165, 1.54) is 0 Å². The molecule has 0 unspecified atom stereocenters. The van der Waals surface area contributed by atoms with Crippen molar-refractivity contribution in [1.82, 2.24) is 15.6 Å². The standard InChI is InChI=1S/C30H41N3O5/c1-3-5-6-14-28(36)38-20-24(17-23-19-31-26-13-8-7-12-25(23)26)32-29(37)22(11-4-2)18-27(35)33-30(21-34)15-9-10-16-30/h3-4,7-8,12-13,19,22,24,31,34H,1-2,5-6,9-11,14-18,20-21H2,(H,32,37)(H,33,35)/t22-,24+/m1/s1. The third-order valence-corrected chi connectivity index (χ3v) is 7.24. The molecule has 8 heteroatoms. The summed E-state index contributed by atoms with van der Waals surface area (Å²) in [7, 11) is 0. The van der Waals surface area contributed by atoms with Gasteiger partial charge in [-0.3, -0.25) is 14.4 Å². The Morgan fingerprint density at radius 2 is 1.92 bits per heavy atom. The van der Waals surface area contributed by atoms with Gasteiger partial charge in [0.1, 0.15) is 6.61 Å². The van der Waals surface area contributed by atoms with Gasteiger partial charge >= 0.3 is 5.97 Å². The van der Waals surface area contributed by atoms with Crippen LogP contribution in [0.15, 0.2) is 55.8 Å². The molecule has 4 N–H and O–H groups in total. The van der Waals surface area contributed by atoms with E-state index in [1.54, 1.807) is 12.2 Å². The zero-order valence-corrected chi connectivity index (χ0v) is 22.2. The van der Waals surface area contributed by atoms with Crippen molar-refractivity contribution in [3.05, 3.63) is 61.3 Å². The highest BCUT2D eigenvalue weighted by molar-refractivity contribution is 5.87. The number of allylic oxidation sites excluding steroid dienone is 2. The van der Waals surface area contributed by atoms with Crippen molar-refractivity contribution in [2.24, 2.45) is 5.92 Å². The average Bonchev–Trinajstić information content (AvgIpc) is 3.54. The number of hydrogen-bond donors (Lipinski definition) is 4. The summed E-state index contributed by atoms with van der Waals surface area (Å²) in [5.41, 5.74) is 1.39. The largest absolute Gasteiger partial charge is 0.463 e. The number of para-hydroxylation sites is 1. The van der Waals surface area contributed by atoms with Gasteiger partial charge in [-0.15, -0.1) is 13.2 Å². The number of esters is 1. The van der Waals surface area contributed by atoms with E-state index < -0.39 is 17.5 Å². The molecule has 38 heavy (non-hydrogen) atoms. The van der Waals surface area contributed by atoms with Crippen LogP contribution >= 0.6 is 0 Å². The van der Waals surface area contributed by atoms with Crippen LogP contribution in [-0.2, 0) is 25.5 Å². The van der Waals surface area contributed by atoms with E-state index in [1.807, 2.05) is 30.5 Å². The number of H-pyrrole nitrogens is 1. The van der Waals surface area contributed by atoms with Crippen LogP contribution in [0.4, 0.5) is 0 Å². The van der Waals surface area contributed by atoms with Gasteiger partial charge in [0, 0.05) is 29.9 Å². The van der Waals surface area contributed by atoms with Crippen molar-refractivity contribution in [3.63, 3.8) is 0 Å². The van der Waals surface area contributed by atoms with Gasteiger partial charge in [0.05, 0.1) is 24.1 Å². The minimum atomic E-state index is -0.626. The second kappa shape index (κ2) is 14.5. The molecule has 206 valence electrons. The Labute approximate surface area is 224 Å². The van der Waals surface area contributed by atoms with Crippen LogP contribution < -0.4 is 10.6 Å². The maximum atomic E-state index is 13.4. The summed E-state index contributed by atoms with van der Waals surface area (Å²) < 4.78 is 5.52. The molecule has 0 saturated heterocycles. The number of unbranched alkanes of at least 4 members (excludes halogenated alkanes) is 1. The molecular formula is C30H41N3O5. The van der Waals surface area contributed by atoms with E-state index in [-0.39, 0.29) is 43.8 Å². The first-order chi connectivity index (χ1) is 18.4. The predicted molar refractivity (Wildman–Crippen MR) is 148 cm³/mol. The number of ether oxygens (including phenoxy) is 1.